The van der Waals surface area contributed by atoms with Crippen molar-refractivity contribution < 1.29 is 9.18 Å². The Morgan fingerprint density at radius 3 is 2.50 bits per heavy atom. The van der Waals surface area contributed by atoms with Gasteiger partial charge in [-0.05, 0) is 55.8 Å². The molecule has 2 heterocycles. The number of amides is 1. The zero-order valence-electron chi connectivity index (χ0n) is 15.5. The lowest BCUT2D eigenvalue weighted by Gasteiger charge is -2.28. The van der Waals surface area contributed by atoms with E-state index in [1.165, 1.54) is 12.1 Å². The summed E-state index contributed by atoms with van der Waals surface area (Å²) in [6, 6.07) is 16.0. The van der Waals surface area contributed by atoms with Gasteiger partial charge in [0.05, 0.1) is 17.9 Å². The fraction of sp³-hybridized carbons (Fsp3) is 0.286. The molecule has 1 N–H and O–H groups in total. The summed E-state index contributed by atoms with van der Waals surface area (Å²) in [5, 5.41) is 11.0. The zero-order valence-corrected chi connectivity index (χ0v) is 15.5. The predicted molar refractivity (Wildman–Crippen MR) is 104 cm³/mol. The molecule has 3 aromatic rings. The van der Waals surface area contributed by atoms with Crippen molar-refractivity contribution in [2.75, 3.05) is 19.6 Å². The van der Waals surface area contributed by atoms with Gasteiger partial charge in [-0.15, -0.1) is 5.10 Å². The number of carbonyl (C=O) groups excluding carboxylic acids is 1. The Bertz CT molecular complexity index is 919. The van der Waals surface area contributed by atoms with Gasteiger partial charge in [0.2, 0.25) is 0 Å². The average Bonchev–Trinajstić information content (AvgIpc) is 3.42. The molecule has 144 valence electrons. The third kappa shape index (κ3) is 4.09. The third-order valence-electron chi connectivity index (χ3n) is 5.04. The van der Waals surface area contributed by atoms with Crippen LogP contribution in [0, 0.1) is 5.82 Å². The van der Waals surface area contributed by atoms with Gasteiger partial charge in [-0.1, -0.05) is 35.5 Å². The van der Waals surface area contributed by atoms with Gasteiger partial charge in [-0.3, -0.25) is 9.69 Å². The lowest BCUT2D eigenvalue weighted by molar-refractivity contribution is 0.0933. The van der Waals surface area contributed by atoms with E-state index in [4.69, 9.17) is 0 Å². The highest BCUT2D eigenvalue weighted by molar-refractivity contribution is 5.91. The van der Waals surface area contributed by atoms with E-state index in [0.29, 0.717) is 6.54 Å². The standard InChI is InChI=1S/C21H22FN5O/c22-17-10-8-16(9-11-17)20(26-12-4-5-13-26)14-23-21(28)19-15-27(25-24-19)18-6-2-1-3-7-18/h1-3,6-11,15,20H,4-5,12-14H2,(H,23,28)/t20-/m1/s1. The van der Waals surface area contributed by atoms with Crippen LogP contribution >= 0.6 is 0 Å². The first kappa shape index (κ1) is 18.3. The fourth-order valence-corrected chi connectivity index (χ4v) is 3.55. The quantitative estimate of drug-likeness (QED) is 0.715. The Balaban J connectivity index is 1.45. The Morgan fingerprint density at radius 1 is 1.07 bits per heavy atom. The van der Waals surface area contributed by atoms with Crippen LogP contribution in [0.15, 0.2) is 60.8 Å². The van der Waals surface area contributed by atoms with Crippen LogP contribution in [-0.4, -0.2) is 45.4 Å². The SMILES string of the molecule is O=C(NC[C@H](c1ccc(F)cc1)N1CCCC1)c1cn(-c2ccccc2)nn1. The summed E-state index contributed by atoms with van der Waals surface area (Å²) in [6.45, 7) is 2.38. The summed E-state index contributed by atoms with van der Waals surface area (Å²) in [6.07, 6.45) is 3.89. The van der Waals surface area contributed by atoms with Crippen LogP contribution in [0.4, 0.5) is 4.39 Å². The fourth-order valence-electron chi connectivity index (χ4n) is 3.55. The molecule has 4 rings (SSSR count). The molecule has 0 saturated carbocycles. The highest BCUT2D eigenvalue weighted by Gasteiger charge is 2.24. The van der Waals surface area contributed by atoms with Crippen LogP contribution < -0.4 is 5.32 Å². The molecule has 2 aromatic carbocycles. The minimum absolute atomic E-state index is 0.0104. The summed E-state index contributed by atoms with van der Waals surface area (Å²) in [7, 11) is 0. The molecule has 6 nitrogen and oxygen atoms in total. The lowest BCUT2D eigenvalue weighted by atomic mass is 10.1. The molecular formula is C21H22FN5O. The van der Waals surface area contributed by atoms with Gasteiger partial charge in [0.25, 0.3) is 5.91 Å². The van der Waals surface area contributed by atoms with Gasteiger partial charge in [-0.25, -0.2) is 9.07 Å². The molecule has 7 heteroatoms. The normalized spacial score (nSPS) is 15.5. The van der Waals surface area contributed by atoms with Crippen LogP contribution in [0.3, 0.4) is 0 Å². The number of hydrogen-bond acceptors (Lipinski definition) is 4. The summed E-state index contributed by atoms with van der Waals surface area (Å²) < 4.78 is 14.9. The van der Waals surface area contributed by atoms with Crippen molar-refractivity contribution in [1.82, 2.24) is 25.2 Å². The molecule has 0 unspecified atom stereocenters. The van der Waals surface area contributed by atoms with E-state index in [0.717, 1.165) is 37.2 Å². The van der Waals surface area contributed by atoms with Crippen molar-refractivity contribution in [2.24, 2.45) is 0 Å². The van der Waals surface area contributed by atoms with Crippen LogP contribution in [0.25, 0.3) is 5.69 Å². The summed E-state index contributed by atoms with van der Waals surface area (Å²) in [5.74, 6) is -0.529. The minimum atomic E-state index is -0.270. The van der Waals surface area contributed by atoms with Gasteiger partial charge in [0, 0.05) is 6.54 Å². The Hall–Kier alpha value is -3.06. The predicted octanol–water partition coefficient (Wildman–Crippen LogP) is 2.97. The van der Waals surface area contributed by atoms with E-state index in [9.17, 15) is 9.18 Å². The van der Waals surface area contributed by atoms with Crippen molar-refractivity contribution in [1.29, 1.82) is 0 Å². The zero-order chi connectivity index (χ0) is 19.3. The number of hydrogen-bond donors (Lipinski definition) is 1. The minimum Gasteiger partial charge on any atom is -0.349 e. The van der Waals surface area contributed by atoms with E-state index in [1.807, 2.05) is 30.3 Å². The number of aromatic nitrogens is 3. The summed E-state index contributed by atoms with van der Waals surface area (Å²) in [4.78, 5) is 14.9. The molecule has 0 spiro atoms. The second-order valence-corrected chi connectivity index (χ2v) is 6.90. The van der Waals surface area contributed by atoms with Crippen LogP contribution in [0.2, 0.25) is 0 Å². The number of nitrogens with zero attached hydrogens (tertiary/aromatic N) is 4. The molecule has 1 amide bonds. The molecule has 1 fully saturated rings. The van der Waals surface area contributed by atoms with Crippen molar-refractivity contribution >= 4 is 5.91 Å². The molecule has 0 bridgehead atoms. The number of para-hydroxylation sites is 1. The van der Waals surface area contributed by atoms with Gasteiger partial charge in [0.1, 0.15) is 5.82 Å². The number of benzene rings is 2. The first-order valence-corrected chi connectivity index (χ1v) is 9.46. The third-order valence-corrected chi connectivity index (χ3v) is 5.04. The number of halogens is 1. The van der Waals surface area contributed by atoms with Gasteiger partial charge in [0.15, 0.2) is 5.69 Å². The van der Waals surface area contributed by atoms with E-state index >= 15 is 0 Å². The van der Waals surface area contributed by atoms with E-state index in [2.05, 4.69) is 20.5 Å². The van der Waals surface area contributed by atoms with Crippen molar-refractivity contribution in [3.63, 3.8) is 0 Å². The molecule has 1 aliphatic rings. The van der Waals surface area contributed by atoms with E-state index < -0.39 is 0 Å². The molecule has 0 aliphatic carbocycles. The number of likely N-dealkylation sites (tertiary alicyclic amines) is 1. The summed E-state index contributed by atoms with van der Waals surface area (Å²) >= 11 is 0. The molecular weight excluding hydrogens is 357 g/mol. The molecule has 0 radical (unpaired) electrons. The second kappa shape index (κ2) is 8.31. The van der Waals surface area contributed by atoms with Crippen LogP contribution in [0.5, 0.6) is 0 Å². The van der Waals surface area contributed by atoms with Gasteiger partial charge < -0.3 is 5.32 Å². The van der Waals surface area contributed by atoms with Crippen molar-refractivity contribution in [2.45, 2.75) is 18.9 Å². The number of carbonyl (C=O) groups is 1. The topological polar surface area (TPSA) is 63.1 Å². The van der Waals surface area contributed by atoms with E-state index in [1.54, 1.807) is 23.0 Å². The monoisotopic (exact) mass is 379 g/mol. The number of nitrogens with one attached hydrogen (secondary N) is 1. The molecule has 1 aromatic heterocycles. The highest BCUT2D eigenvalue weighted by Crippen LogP contribution is 2.25. The maximum atomic E-state index is 13.3. The van der Waals surface area contributed by atoms with E-state index in [-0.39, 0.29) is 23.5 Å². The van der Waals surface area contributed by atoms with Crippen molar-refractivity contribution in [3.8, 4) is 5.69 Å². The van der Waals surface area contributed by atoms with Gasteiger partial charge >= 0.3 is 0 Å². The lowest BCUT2D eigenvalue weighted by Crippen LogP contribution is -2.37. The maximum Gasteiger partial charge on any atom is 0.273 e. The molecule has 1 aliphatic heterocycles. The highest BCUT2D eigenvalue weighted by atomic mass is 19.1. The first-order valence-electron chi connectivity index (χ1n) is 9.46. The molecule has 1 atom stereocenters. The maximum absolute atomic E-state index is 13.3. The Morgan fingerprint density at radius 2 is 1.79 bits per heavy atom. The smallest absolute Gasteiger partial charge is 0.273 e. The Labute approximate surface area is 163 Å². The Kier molecular flexibility index (Phi) is 5.43. The number of rotatable bonds is 6. The molecule has 28 heavy (non-hydrogen) atoms. The van der Waals surface area contributed by atoms with Gasteiger partial charge in [-0.2, -0.15) is 0 Å². The first-order chi connectivity index (χ1) is 13.7. The average molecular weight is 379 g/mol. The summed E-state index contributed by atoms with van der Waals surface area (Å²) in [5.41, 5.74) is 2.11. The van der Waals surface area contributed by atoms with Crippen molar-refractivity contribution in [3.05, 3.63) is 77.9 Å². The largest absolute Gasteiger partial charge is 0.349 e. The van der Waals surface area contributed by atoms with Crippen LogP contribution in [-0.2, 0) is 0 Å². The second-order valence-electron chi connectivity index (χ2n) is 6.90. The molecule has 1 saturated heterocycles. The van der Waals surface area contributed by atoms with Crippen LogP contribution in [0.1, 0.15) is 34.9 Å².